The monoisotopic (exact) mass is 385 g/mol. The zero-order valence-corrected chi connectivity index (χ0v) is 17.0. The fourth-order valence-electron chi connectivity index (χ4n) is 3.30. The summed E-state index contributed by atoms with van der Waals surface area (Å²) in [5.74, 6) is 2.05. The number of aryl methyl sites for hydroxylation is 2. The van der Waals surface area contributed by atoms with E-state index >= 15 is 0 Å². The van der Waals surface area contributed by atoms with Crippen molar-refractivity contribution in [1.29, 1.82) is 0 Å². The maximum Gasteiger partial charge on any atom is 0.161 e. The molecule has 0 bridgehead atoms. The number of amidine groups is 1. The van der Waals surface area contributed by atoms with Crippen molar-refractivity contribution >= 4 is 17.2 Å². The van der Waals surface area contributed by atoms with Crippen molar-refractivity contribution in [2.45, 2.75) is 13.8 Å². The van der Waals surface area contributed by atoms with Gasteiger partial charge in [-0.2, -0.15) is 5.10 Å². The van der Waals surface area contributed by atoms with Crippen LogP contribution in [0.2, 0.25) is 0 Å². The first-order chi connectivity index (χ1) is 14.1. The predicted octanol–water partition coefficient (Wildman–Crippen LogP) is 4.75. The van der Waals surface area contributed by atoms with Crippen molar-refractivity contribution in [1.82, 2.24) is 5.43 Å². The molecule has 3 aromatic carbocycles. The molecule has 146 valence electrons. The number of methoxy groups -OCH3 is 2. The molecule has 5 heteroatoms. The molecule has 5 nitrogen and oxygen atoms in total. The number of fused-ring (bicyclic) bond motifs is 1. The molecule has 0 saturated carbocycles. The molecule has 0 spiro atoms. The van der Waals surface area contributed by atoms with Gasteiger partial charge in [-0.3, -0.25) is 5.43 Å². The van der Waals surface area contributed by atoms with Gasteiger partial charge in [-0.1, -0.05) is 41.5 Å². The molecule has 3 aromatic rings. The highest BCUT2D eigenvalue weighted by Gasteiger charge is 2.19. The van der Waals surface area contributed by atoms with Gasteiger partial charge < -0.3 is 9.47 Å². The van der Waals surface area contributed by atoms with E-state index in [-0.39, 0.29) is 0 Å². The average Bonchev–Trinajstić information content (AvgIpc) is 2.93. The quantitative estimate of drug-likeness (QED) is 0.705. The Morgan fingerprint density at radius 1 is 0.724 bits per heavy atom. The normalized spacial score (nSPS) is 12.8. The molecule has 4 rings (SSSR count). The number of rotatable bonds is 4. The van der Waals surface area contributed by atoms with E-state index in [4.69, 9.17) is 19.6 Å². The highest BCUT2D eigenvalue weighted by atomic mass is 16.5. The van der Waals surface area contributed by atoms with Crippen LogP contribution in [0.4, 0.5) is 5.69 Å². The fourth-order valence-corrected chi connectivity index (χ4v) is 3.30. The van der Waals surface area contributed by atoms with Crippen LogP contribution in [-0.4, -0.2) is 25.8 Å². The number of nitrogens with one attached hydrogen (secondary N) is 1. The molecule has 1 heterocycles. The Hall–Kier alpha value is -3.60. The Bertz CT molecular complexity index is 1120. The lowest BCUT2D eigenvalue weighted by Gasteiger charge is -2.12. The minimum absolute atomic E-state index is 0.658. The maximum absolute atomic E-state index is 5.48. The van der Waals surface area contributed by atoms with Gasteiger partial charge in [0.2, 0.25) is 0 Å². The van der Waals surface area contributed by atoms with Gasteiger partial charge in [-0.05, 0) is 44.2 Å². The molecule has 0 radical (unpaired) electrons. The van der Waals surface area contributed by atoms with Crippen LogP contribution in [0.1, 0.15) is 27.8 Å². The third-order valence-electron chi connectivity index (χ3n) is 4.90. The van der Waals surface area contributed by atoms with Crippen molar-refractivity contribution in [3.63, 3.8) is 0 Å². The summed E-state index contributed by atoms with van der Waals surface area (Å²) < 4.78 is 10.9. The van der Waals surface area contributed by atoms with E-state index in [1.54, 1.807) is 14.2 Å². The number of nitrogens with zero attached hydrogens (tertiary/aromatic N) is 2. The first-order valence-electron chi connectivity index (χ1n) is 9.42. The average molecular weight is 385 g/mol. The molecule has 29 heavy (non-hydrogen) atoms. The third kappa shape index (κ3) is 3.72. The fraction of sp³-hybridized carbons (Fsp3) is 0.167. The van der Waals surface area contributed by atoms with Crippen LogP contribution in [0.25, 0.3) is 0 Å². The number of benzene rings is 3. The Kier molecular flexibility index (Phi) is 5.04. The van der Waals surface area contributed by atoms with Crippen molar-refractivity contribution in [2.24, 2.45) is 10.1 Å². The van der Waals surface area contributed by atoms with Gasteiger partial charge in [0.1, 0.15) is 5.71 Å². The first kappa shape index (κ1) is 18.7. The third-order valence-corrected chi connectivity index (χ3v) is 4.90. The lowest BCUT2D eigenvalue weighted by molar-refractivity contribution is 0.355. The summed E-state index contributed by atoms with van der Waals surface area (Å²) in [6.45, 7) is 4.13. The topological polar surface area (TPSA) is 55.2 Å². The zero-order chi connectivity index (χ0) is 20.4. The second-order valence-electron chi connectivity index (χ2n) is 6.99. The van der Waals surface area contributed by atoms with Crippen molar-refractivity contribution in [3.8, 4) is 11.5 Å². The second kappa shape index (κ2) is 7.80. The van der Waals surface area contributed by atoms with Crippen molar-refractivity contribution < 1.29 is 9.47 Å². The minimum Gasteiger partial charge on any atom is -0.493 e. The van der Waals surface area contributed by atoms with E-state index in [0.29, 0.717) is 17.3 Å². The van der Waals surface area contributed by atoms with Gasteiger partial charge in [-0.15, -0.1) is 0 Å². The van der Waals surface area contributed by atoms with Gasteiger partial charge in [0, 0.05) is 16.7 Å². The first-order valence-corrected chi connectivity index (χ1v) is 9.42. The lowest BCUT2D eigenvalue weighted by atomic mass is 9.98. The van der Waals surface area contributed by atoms with Crippen LogP contribution >= 0.6 is 0 Å². The summed E-state index contributed by atoms with van der Waals surface area (Å²) in [7, 11) is 3.26. The van der Waals surface area contributed by atoms with E-state index in [9.17, 15) is 0 Å². The van der Waals surface area contributed by atoms with E-state index in [1.165, 1.54) is 5.56 Å². The van der Waals surface area contributed by atoms with Crippen LogP contribution in [0.3, 0.4) is 0 Å². The van der Waals surface area contributed by atoms with E-state index < -0.39 is 0 Å². The van der Waals surface area contributed by atoms with Gasteiger partial charge in [0.15, 0.2) is 17.3 Å². The Balaban J connectivity index is 1.85. The summed E-state index contributed by atoms with van der Waals surface area (Å²) in [5.41, 5.74) is 10.0. The van der Waals surface area contributed by atoms with Gasteiger partial charge in [0.25, 0.3) is 0 Å². The standard InChI is InChI=1S/C24H23N3O2/c1-15-5-8-17(9-6-15)24-25-20-11-7-16(2)13-19(20)23(26-27-24)18-10-12-21(28-3)22(14-18)29-4/h5-14H,1-4H3,(H,25,27). The number of hydrogen-bond donors (Lipinski definition) is 1. The summed E-state index contributed by atoms with van der Waals surface area (Å²) in [6.07, 6.45) is 0. The van der Waals surface area contributed by atoms with Crippen LogP contribution in [0, 0.1) is 13.8 Å². The Morgan fingerprint density at radius 3 is 2.14 bits per heavy atom. The molecule has 0 aromatic heterocycles. The van der Waals surface area contributed by atoms with E-state index in [0.717, 1.165) is 33.7 Å². The zero-order valence-electron chi connectivity index (χ0n) is 17.0. The van der Waals surface area contributed by atoms with Gasteiger partial charge in [-0.25, -0.2) is 4.99 Å². The number of aliphatic imine (C=N–C) groups is 1. The van der Waals surface area contributed by atoms with Crippen LogP contribution in [0.15, 0.2) is 70.8 Å². The molecule has 0 saturated heterocycles. The largest absolute Gasteiger partial charge is 0.493 e. The molecule has 1 aliphatic heterocycles. The SMILES string of the molecule is COc1ccc(C2=NNC(c3ccc(C)cc3)=Nc3ccc(C)cc32)cc1OC. The smallest absolute Gasteiger partial charge is 0.161 e. The summed E-state index contributed by atoms with van der Waals surface area (Å²) in [6, 6.07) is 20.2. The highest BCUT2D eigenvalue weighted by molar-refractivity contribution is 6.18. The molecule has 0 fully saturated rings. The molecular formula is C24H23N3O2. The molecule has 0 atom stereocenters. The maximum atomic E-state index is 5.48. The van der Waals surface area contributed by atoms with Gasteiger partial charge >= 0.3 is 0 Å². The van der Waals surface area contributed by atoms with Crippen molar-refractivity contribution in [2.75, 3.05) is 14.2 Å². The second-order valence-corrected chi connectivity index (χ2v) is 6.99. The van der Waals surface area contributed by atoms with Gasteiger partial charge in [0.05, 0.1) is 19.9 Å². The minimum atomic E-state index is 0.658. The van der Waals surface area contributed by atoms with Crippen LogP contribution in [0.5, 0.6) is 11.5 Å². The summed E-state index contributed by atoms with van der Waals surface area (Å²) >= 11 is 0. The van der Waals surface area contributed by atoms with E-state index in [1.807, 2.05) is 36.4 Å². The highest BCUT2D eigenvalue weighted by Crippen LogP contribution is 2.32. The van der Waals surface area contributed by atoms with Crippen LogP contribution < -0.4 is 14.9 Å². The predicted molar refractivity (Wildman–Crippen MR) is 117 cm³/mol. The molecular weight excluding hydrogens is 362 g/mol. The number of ether oxygens (including phenoxy) is 2. The number of hydrazone groups is 1. The molecule has 0 amide bonds. The van der Waals surface area contributed by atoms with Crippen molar-refractivity contribution in [3.05, 3.63) is 88.5 Å². The molecule has 1 aliphatic rings. The van der Waals surface area contributed by atoms with E-state index in [2.05, 4.69) is 43.5 Å². The summed E-state index contributed by atoms with van der Waals surface area (Å²) in [4.78, 5) is 4.87. The molecule has 0 unspecified atom stereocenters. The molecule has 1 N–H and O–H groups in total. The lowest BCUT2D eigenvalue weighted by Crippen LogP contribution is -2.19. The Labute approximate surface area is 170 Å². The number of hydrogen-bond acceptors (Lipinski definition) is 5. The molecule has 0 aliphatic carbocycles. The Morgan fingerprint density at radius 2 is 1.41 bits per heavy atom. The summed E-state index contributed by atoms with van der Waals surface area (Å²) in [5, 5.41) is 4.73. The van der Waals surface area contributed by atoms with Crippen LogP contribution in [-0.2, 0) is 0 Å².